The topological polar surface area (TPSA) is 110 Å². The van der Waals surface area contributed by atoms with Crippen molar-refractivity contribution in [1.82, 2.24) is 14.5 Å². The second-order valence-corrected chi connectivity index (χ2v) is 9.64. The average Bonchev–Trinajstić information content (AvgIpc) is 2.95. The summed E-state index contributed by atoms with van der Waals surface area (Å²) in [4.78, 5) is 23.8. The van der Waals surface area contributed by atoms with Gasteiger partial charge in [-0.15, -0.1) is 0 Å². The number of nitrogen functional groups attached to an aromatic ring is 1. The predicted molar refractivity (Wildman–Crippen MR) is 150 cm³/mol. The molecule has 3 N–H and O–H groups in total. The van der Waals surface area contributed by atoms with Crippen LogP contribution < -0.4 is 20.9 Å². The van der Waals surface area contributed by atoms with Gasteiger partial charge >= 0.3 is 0 Å². The van der Waals surface area contributed by atoms with Crippen molar-refractivity contribution >= 4 is 33.5 Å². The summed E-state index contributed by atoms with van der Waals surface area (Å²) in [5.74, 6) is 1.61. The normalized spacial score (nSPS) is 14.2. The molecule has 0 saturated carbocycles. The molecular weight excluding hydrogens is 476 g/mol. The molecule has 0 amide bonds. The zero-order chi connectivity index (χ0) is 26.1. The largest absolute Gasteiger partial charge is 0.490 e. The Hall–Kier alpha value is -4.72. The fourth-order valence-electron chi connectivity index (χ4n) is 5.08. The van der Waals surface area contributed by atoms with E-state index in [2.05, 4.69) is 20.9 Å². The van der Waals surface area contributed by atoms with E-state index in [1.807, 2.05) is 60.7 Å². The van der Waals surface area contributed by atoms with Gasteiger partial charge in [-0.05, 0) is 58.8 Å². The van der Waals surface area contributed by atoms with E-state index in [4.69, 9.17) is 15.9 Å². The summed E-state index contributed by atoms with van der Waals surface area (Å²) in [5, 5.41) is 10.7. The molecule has 3 heterocycles. The summed E-state index contributed by atoms with van der Waals surface area (Å²) in [6, 6.07) is 23.1. The van der Waals surface area contributed by atoms with Gasteiger partial charge < -0.3 is 19.9 Å². The molecule has 0 radical (unpaired) electrons. The molecule has 2 aromatic heterocycles. The maximum absolute atomic E-state index is 12.9. The summed E-state index contributed by atoms with van der Waals surface area (Å²) in [5.41, 5.74) is 8.16. The quantitative estimate of drug-likeness (QED) is 0.263. The fourth-order valence-corrected chi connectivity index (χ4v) is 5.08. The smallest absolute Gasteiger partial charge is 0.251 e. The van der Waals surface area contributed by atoms with Gasteiger partial charge in [0.1, 0.15) is 17.7 Å². The van der Waals surface area contributed by atoms with Gasteiger partial charge in [-0.25, -0.2) is 9.97 Å². The molecule has 0 unspecified atom stereocenters. The molecule has 38 heavy (non-hydrogen) atoms. The summed E-state index contributed by atoms with van der Waals surface area (Å²) >= 11 is 0. The first-order chi connectivity index (χ1) is 18.5. The van der Waals surface area contributed by atoms with Crippen LogP contribution in [-0.4, -0.2) is 39.6 Å². The molecule has 1 fully saturated rings. The maximum atomic E-state index is 12.9. The maximum Gasteiger partial charge on any atom is 0.251 e. The Kier molecular flexibility index (Phi) is 6.21. The Morgan fingerprint density at radius 2 is 1.68 bits per heavy atom. The fraction of sp³-hybridized carbons (Fsp3) is 0.200. The zero-order valence-corrected chi connectivity index (χ0v) is 20.9. The number of fused-ring (bicyclic) bond motifs is 2. The first-order valence-corrected chi connectivity index (χ1v) is 12.7. The van der Waals surface area contributed by atoms with Crippen LogP contribution in [0, 0.1) is 5.41 Å². The van der Waals surface area contributed by atoms with E-state index in [1.165, 1.54) is 0 Å². The van der Waals surface area contributed by atoms with Crippen molar-refractivity contribution in [2.24, 2.45) is 5.73 Å². The van der Waals surface area contributed by atoms with Crippen LogP contribution in [0.1, 0.15) is 24.0 Å². The number of hydrogen-bond acceptors (Lipinski definition) is 6. The van der Waals surface area contributed by atoms with E-state index in [1.54, 1.807) is 23.0 Å². The number of amidine groups is 1. The lowest BCUT2D eigenvalue weighted by atomic mass is 10.0. The third-order valence-corrected chi connectivity index (χ3v) is 7.10. The molecular formula is C30H28N6O2. The van der Waals surface area contributed by atoms with Gasteiger partial charge in [0.2, 0.25) is 5.95 Å². The van der Waals surface area contributed by atoms with Crippen LogP contribution in [0.15, 0.2) is 90.0 Å². The minimum absolute atomic E-state index is 0.0383. The molecule has 5 aromatic rings. The van der Waals surface area contributed by atoms with Crippen LogP contribution in [0.5, 0.6) is 5.75 Å². The number of hydrogen-bond donors (Lipinski definition) is 2. The molecule has 0 aliphatic carbocycles. The van der Waals surface area contributed by atoms with Crippen molar-refractivity contribution in [2.45, 2.75) is 25.5 Å². The van der Waals surface area contributed by atoms with Crippen LogP contribution in [0.2, 0.25) is 0 Å². The standard InChI is InChI=1S/C30H28N6O2/c31-29(32)23-5-4-21-3-2-20(16-24(21)17-23)19-36-27-8-7-26(18-22(27)6-9-28(36)37)38-25-10-14-35(15-11-25)30-33-12-1-13-34-30/h1-9,12-13,16-18,25H,10-11,14-15,19H2,(H3,31,32). The highest BCUT2D eigenvalue weighted by Gasteiger charge is 2.22. The minimum atomic E-state index is -0.0562. The van der Waals surface area contributed by atoms with E-state index in [-0.39, 0.29) is 17.5 Å². The van der Waals surface area contributed by atoms with Crippen molar-refractivity contribution in [3.8, 4) is 5.75 Å². The minimum Gasteiger partial charge on any atom is -0.490 e. The second-order valence-electron chi connectivity index (χ2n) is 9.64. The molecule has 0 spiro atoms. The number of rotatable bonds is 6. The monoisotopic (exact) mass is 504 g/mol. The van der Waals surface area contributed by atoms with Crippen molar-refractivity contribution in [1.29, 1.82) is 5.41 Å². The lowest BCUT2D eigenvalue weighted by molar-refractivity contribution is 0.170. The number of nitrogens with zero attached hydrogens (tertiary/aromatic N) is 4. The van der Waals surface area contributed by atoms with Gasteiger partial charge in [0.15, 0.2) is 0 Å². The molecule has 8 nitrogen and oxygen atoms in total. The number of nitrogens with two attached hydrogens (primary N) is 1. The number of piperidine rings is 1. The summed E-state index contributed by atoms with van der Waals surface area (Å²) in [6.07, 6.45) is 5.44. The average molecular weight is 505 g/mol. The van der Waals surface area contributed by atoms with Crippen LogP contribution in [-0.2, 0) is 6.54 Å². The first kappa shape index (κ1) is 23.7. The highest BCUT2D eigenvalue weighted by atomic mass is 16.5. The summed E-state index contributed by atoms with van der Waals surface area (Å²) in [6.45, 7) is 2.14. The molecule has 0 bridgehead atoms. The molecule has 6 rings (SSSR count). The summed E-state index contributed by atoms with van der Waals surface area (Å²) in [7, 11) is 0. The Morgan fingerprint density at radius 1 is 0.921 bits per heavy atom. The molecule has 190 valence electrons. The van der Waals surface area contributed by atoms with Gasteiger partial charge in [0.25, 0.3) is 5.56 Å². The molecule has 1 aliphatic rings. The van der Waals surface area contributed by atoms with Gasteiger partial charge in [-0.3, -0.25) is 10.2 Å². The van der Waals surface area contributed by atoms with Gasteiger partial charge in [-0.1, -0.05) is 24.3 Å². The lowest BCUT2D eigenvalue weighted by Gasteiger charge is -2.32. The first-order valence-electron chi connectivity index (χ1n) is 12.7. The molecule has 1 saturated heterocycles. The third-order valence-electron chi connectivity index (χ3n) is 7.10. The second kappa shape index (κ2) is 9.97. The van der Waals surface area contributed by atoms with Crippen LogP contribution in [0.25, 0.3) is 21.7 Å². The van der Waals surface area contributed by atoms with Crippen molar-refractivity contribution in [2.75, 3.05) is 18.0 Å². The Bertz CT molecular complexity index is 1690. The third kappa shape index (κ3) is 4.80. The number of aromatic nitrogens is 3. The highest BCUT2D eigenvalue weighted by Crippen LogP contribution is 2.25. The van der Waals surface area contributed by atoms with Gasteiger partial charge in [0.05, 0.1) is 12.1 Å². The Labute approximate surface area is 219 Å². The van der Waals surface area contributed by atoms with Crippen LogP contribution in [0.4, 0.5) is 5.95 Å². The predicted octanol–water partition coefficient (Wildman–Crippen LogP) is 4.32. The van der Waals surface area contributed by atoms with Gasteiger partial charge in [0, 0.05) is 55.3 Å². The summed E-state index contributed by atoms with van der Waals surface area (Å²) < 4.78 is 8.12. The lowest BCUT2D eigenvalue weighted by Crippen LogP contribution is -2.39. The Balaban J connectivity index is 1.20. The van der Waals surface area contributed by atoms with Crippen molar-refractivity contribution < 1.29 is 4.74 Å². The van der Waals surface area contributed by atoms with E-state index in [9.17, 15) is 4.79 Å². The number of ether oxygens (including phenoxy) is 1. The van der Waals surface area contributed by atoms with Crippen molar-refractivity contribution in [3.05, 3.63) is 107 Å². The highest BCUT2D eigenvalue weighted by molar-refractivity contribution is 5.99. The van der Waals surface area contributed by atoms with Crippen LogP contribution in [0.3, 0.4) is 0 Å². The number of benzene rings is 3. The number of anilines is 1. The van der Waals surface area contributed by atoms with E-state index >= 15 is 0 Å². The van der Waals surface area contributed by atoms with Crippen molar-refractivity contribution in [3.63, 3.8) is 0 Å². The molecule has 3 aromatic carbocycles. The number of pyridine rings is 1. The Morgan fingerprint density at radius 3 is 2.47 bits per heavy atom. The SMILES string of the molecule is N=C(N)c1ccc2ccc(Cn3c(=O)ccc4cc(OC5CCN(c6ncccn6)CC5)ccc43)cc2c1. The zero-order valence-electron chi connectivity index (χ0n) is 20.9. The van der Waals surface area contributed by atoms with Crippen LogP contribution >= 0.6 is 0 Å². The van der Waals surface area contributed by atoms with E-state index < -0.39 is 0 Å². The van der Waals surface area contributed by atoms with Gasteiger partial charge in [-0.2, -0.15) is 0 Å². The molecule has 0 atom stereocenters. The van der Waals surface area contributed by atoms with E-state index in [0.717, 1.165) is 64.9 Å². The molecule has 1 aliphatic heterocycles. The molecule has 8 heteroatoms. The number of nitrogens with one attached hydrogen (secondary N) is 1. The van der Waals surface area contributed by atoms with E-state index in [0.29, 0.717) is 12.1 Å².